The highest BCUT2D eigenvalue weighted by molar-refractivity contribution is 7.89. The van der Waals surface area contributed by atoms with Crippen LogP contribution in [-0.2, 0) is 10.0 Å². The summed E-state index contributed by atoms with van der Waals surface area (Å²) in [7, 11) is -1.31. The van der Waals surface area contributed by atoms with Crippen molar-refractivity contribution in [1.82, 2.24) is 10.3 Å². The van der Waals surface area contributed by atoms with Crippen LogP contribution in [0.25, 0.3) is 0 Å². The zero-order valence-corrected chi connectivity index (χ0v) is 17.7. The second kappa shape index (κ2) is 10.1. The summed E-state index contributed by atoms with van der Waals surface area (Å²) in [6.45, 7) is 4.81. The average molecular weight is 423 g/mol. The van der Waals surface area contributed by atoms with E-state index < -0.39 is 15.9 Å². The van der Waals surface area contributed by atoms with Crippen LogP contribution in [0, 0.1) is 5.92 Å². The van der Waals surface area contributed by atoms with Gasteiger partial charge < -0.3 is 14.2 Å². The smallest absolute Gasteiger partial charge is 0.266 e. The van der Waals surface area contributed by atoms with Gasteiger partial charge in [0.15, 0.2) is 0 Å². The van der Waals surface area contributed by atoms with Crippen LogP contribution in [0.15, 0.2) is 47.4 Å². The maximum absolute atomic E-state index is 12.6. The van der Waals surface area contributed by atoms with Crippen LogP contribution >= 0.6 is 0 Å². The van der Waals surface area contributed by atoms with Crippen molar-refractivity contribution in [1.29, 1.82) is 0 Å². The molecule has 158 valence electrons. The fourth-order valence-electron chi connectivity index (χ4n) is 2.35. The largest absolute Gasteiger partial charge is 0.497 e. The molecule has 0 fully saturated rings. The fourth-order valence-corrected chi connectivity index (χ4v) is 3.37. The van der Waals surface area contributed by atoms with Crippen LogP contribution in [0.3, 0.4) is 0 Å². The number of nitrogens with one attached hydrogen (secondary N) is 2. The van der Waals surface area contributed by atoms with Gasteiger partial charge in [-0.2, -0.15) is 0 Å². The molecule has 0 saturated heterocycles. The van der Waals surface area contributed by atoms with Gasteiger partial charge in [0.2, 0.25) is 0 Å². The number of amides is 1. The molecule has 2 rings (SSSR count). The van der Waals surface area contributed by atoms with Crippen molar-refractivity contribution < 1.29 is 27.4 Å². The van der Waals surface area contributed by atoms with E-state index in [2.05, 4.69) is 24.1 Å². The van der Waals surface area contributed by atoms with E-state index in [4.69, 9.17) is 14.2 Å². The number of hydrazine groups is 1. The molecule has 0 aliphatic carbocycles. The van der Waals surface area contributed by atoms with Crippen molar-refractivity contribution in [2.75, 3.05) is 20.8 Å². The third kappa shape index (κ3) is 6.37. The SMILES string of the molecule is COc1ccc(OC)c(S(=O)(=O)NNC(=O)c2ccc(OCCC(C)C)cc2)c1. The highest BCUT2D eigenvalue weighted by Gasteiger charge is 2.21. The minimum absolute atomic E-state index is 0.121. The van der Waals surface area contributed by atoms with Crippen LogP contribution < -0.4 is 24.5 Å². The van der Waals surface area contributed by atoms with Crippen LogP contribution in [0.1, 0.15) is 30.6 Å². The molecule has 0 heterocycles. The Morgan fingerprint density at radius 3 is 2.24 bits per heavy atom. The number of carbonyl (C=O) groups excluding carboxylic acids is 1. The van der Waals surface area contributed by atoms with Crippen molar-refractivity contribution in [3.8, 4) is 17.2 Å². The zero-order valence-electron chi connectivity index (χ0n) is 16.9. The number of rotatable bonds is 10. The minimum atomic E-state index is -4.08. The molecule has 0 aliphatic heterocycles. The Balaban J connectivity index is 2.02. The first kappa shape index (κ1) is 22.5. The second-order valence-electron chi connectivity index (χ2n) is 6.63. The molecular formula is C20H26N2O6S. The van der Waals surface area contributed by atoms with Gasteiger partial charge in [-0.3, -0.25) is 10.2 Å². The maximum Gasteiger partial charge on any atom is 0.266 e. The highest BCUT2D eigenvalue weighted by atomic mass is 32.2. The van der Waals surface area contributed by atoms with E-state index >= 15 is 0 Å². The predicted octanol–water partition coefficient (Wildman–Crippen LogP) is 2.75. The van der Waals surface area contributed by atoms with E-state index in [1.165, 1.54) is 26.4 Å². The van der Waals surface area contributed by atoms with Gasteiger partial charge in [-0.25, -0.2) is 8.42 Å². The number of carbonyl (C=O) groups is 1. The number of methoxy groups -OCH3 is 2. The lowest BCUT2D eigenvalue weighted by molar-refractivity contribution is 0.0945. The van der Waals surface area contributed by atoms with Crippen LogP contribution in [-0.4, -0.2) is 35.2 Å². The quantitative estimate of drug-likeness (QED) is 0.571. The average Bonchev–Trinajstić information content (AvgIpc) is 2.71. The Labute approximate surface area is 171 Å². The van der Waals surface area contributed by atoms with Crippen molar-refractivity contribution >= 4 is 15.9 Å². The molecule has 2 aromatic rings. The Morgan fingerprint density at radius 1 is 1.00 bits per heavy atom. The van der Waals surface area contributed by atoms with Gasteiger partial charge in [0.1, 0.15) is 22.1 Å². The Bertz CT molecular complexity index is 926. The Morgan fingerprint density at radius 2 is 1.66 bits per heavy atom. The van der Waals surface area contributed by atoms with Gasteiger partial charge in [-0.1, -0.05) is 13.8 Å². The molecular weight excluding hydrogens is 396 g/mol. The third-order valence-corrected chi connectivity index (χ3v) is 5.31. The van der Waals surface area contributed by atoms with Gasteiger partial charge in [0.05, 0.1) is 20.8 Å². The summed E-state index contributed by atoms with van der Waals surface area (Å²) < 4.78 is 40.9. The van der Waals surface area contributed by atoms with Crippen LogP contribution in [0.5, 0.6) is 17.2 Å². The molecule has 0 unspecified atom stereocenters. The lowest BCUT2D eigenvalue weighted by Crippen LogP contribution is -2.41. The van der Waals surface area contributed by atoms with Crippen LogP contribution in [0.4, 0.5) is 0 Å². The first-order valence-electron chi connectivity index (χ1n) is 9.04. The van der Waals surface area contributed by atoms with E-state index in [9.17, 15) is 13.2 Å². The Kier molecular flexibility index (Phi) is 7.86. The normalized spacial score (nSPS) is 11.2. The summed E-state index contributed by atoms with van der Waals surface area (Å²) in [4.78, 5) is 14.2. The maximum atomic E-state index is 12.6. The van der Waals surface area contributed by atoms with Crippen molar-refractivity contribution in [2.45, 2.75) is 25.2 Å². The monoisotopic (exact) mass is 422 g/mol. The molecule has 29 heavy (non-hydrogen) atoms. The zero-order chi connectivity index (χ0) is 21.4. The van der Waals surface area contributed by atoms with E-state index in [0.29, 0.717) is 24.0 Å². The fraction of sp³-hybridized carbons (Fsp3) is 0.350. The van der Waals surface area contributed by atoms with Crippen molar-refractivity contribution in [2.24, 2.45) is 5.92 Å². The molecule has 1 amide bonds. The molecule has 9 heteroatoms. The first-order chi connectivity index (χ1) is 13.8. The number of hydrogen-bond acceptors (Lipinski definition) is 6. The van der Waals surface area contributed by atoms with Crippen molar-refractivity contribution in [3.63, 3.8) is 0 Å². The van der Waals surface area contributed by atoms with Gasteiger partial charge in [0, 0.05) is 11.6 Å². The molecule has 2 N–H and O–H groups in total. The lowest BCUT2D eigenvalue weighted by Gasteiger charge is -2.13. The highest BCUT2D eigenvalue weighted by Crippen LogP contribution is 2.27. The summed E-state index contributed by atoms with van der Waals surface area (Å²) in [6, 6.07) is 10.8. The van der Waals surface area contributed by atoms with Gasteiger partial charge in [-0.05, 0) is 48.7 Å². The van der Waals surface area contributed by atoms with E-state index in [1.807, 2.05) is 0 Å². The number of benzene rings is 2. The molecule has 0 saturated carbocycles. The molecule has 8 nitrogen and oxygen atoms in total. The topological polar surface area (TPSA) is 103 Å². The third-order valence-electron chi connectivity index (χ3n) is 4.04. The molecule has 2 aromatic carbocycles. The molecule has 0 spiro atoms. The Hall–Kier alpha value is -2.78. The van der Waals surface area contributed by atoms with E-state index in [-0.39, 0.29) is 16.2 Å². The molecule has 0 atom stereocenters. The second-order valence-corrected chi connectivity index (χ2v) is 8.28. The van der Waals surface area contributed by atoms with Gasteiger partial charge in [-0.15, -0.1) is 4.83 Å². The van der Waals surface area contributed by atoms with Gasteiger partial charge >= 0.3 is 0 Å². The summed E-state index contributed by atoms with van der Waals surface area (Å²) in [6.07, 6.45) is 0.928. The molecule has 0 aliphatic rings. The number of ether oxygens (including phenoxy) is 3. The summed E-state index contributed by atoms with van der Waals surface area (Å²) >= 11 is 0. The first-order valence-corrected chi connectivity index (χ1v) is 10.5. The lowest BCUT2D eigenvalue weighted by atomic mass is 10.1. The number of hydrogen-bond donors (Lipinski definition) is 2. The van der Waals surface area contributed by atoms with Crippen molar-refractivity contribution in [3.05, 3.63) is 48.0 Å². The molecule has 0 aromatic heterocycles. The van der Waals surface area contributed by atoms with Crippen LogP contribution in [0.2, 0.25) is 0 Å². The van der Waals surface area contributed by atoms with E-state index in [1.54, 1.807) is 30.3 Å². The summed E-state index contributed by atoms with van der Waals surface area (Å²) in [5.74, 6) is 1.03. The standard InChI is InChI=1S/C20H26N2O6S/c1-14(2)11-12-28-16-7-5-15(6-8-16)20(23)21-22-29(24,25)19-13-17(26-3)9-10-18(19)27-4/h5-10,13-14,22H,11-12H2,1-4H3,(H,21,23). The minimum Gasteiger partial charge on any atom is -0.497 e. The summed E-state index contributed by atoms with van der Waals surface area (Å²) in [5.41, 5.74) is 2.47. The van der Waals surface area contributed by atoms with E-state index in [0.717, 1.165) is 6.42 Å². The number of sulfonamides is 1. The summed E-state index contributed by atoms with van der Waals surface area (Å²) in [5, 5.41) is 0. The molecule has 0 radical (unpaired) electrons. The predicted molar refractivity (Wildman–Crippen MR) is 109 cm³/mol. The molecule has 0 bridgehead atoms. The van der Waals surface area contributed by atoms with Gasteiger partial charge in [0.25, 0.3) is 15.9 Å².